The number of hydrogen-bond donors (Lipinski definition) is 3. The lowest BCUT2D eigenvalue weighted by molar-refractivity contribution is -0.384. The van der Waals surface area contributed by atoms with E-state index in [1.54, 1.807) is 42.5 Å². The van der Waals surface area contributed by atoms with Crippen LogP contribution in [0.1, 0.15) is 83.6 Å². The van der Waals surface area contributed by atoms with Crippen LogP contribution in [0.2, 0.25) is 0 Å². The van der Waals surface area contributed by atoms with E-state index in [-0.39, 0.29) is 79.4 Å². The number of anilines is 1. The van der Waals surface area contributed by atoms with E-state index in [0.29, 0.717) is 55.0 Å². The number of rotatable bonds is 22. The molecule has 0 aromatic heterocycles. The number of aliphatic hydroxyl groups is 2. The minimum Gasteiger partial charge on any atom is -0.460 e. The zero-order chi connectivity index (χ0) is 44.4. The molecule has 1 heterocycles. The Balaban J connectivity index is 1.60. The van der Waals surface area contributed by atoms with Crippen molar-refractivity contribution in [3.05, 3.63) is 107 Å². The van der Waals surface area contributed by atoms with Gasteiger partial charge in [0.2, 0.25) is 21.7 Å². The van der Waals surface area contributed by atoms with Crippen molar-refractivity contribution in [2.75, 3.05) is 38.3 Å². The first-order chi connectivity index (χ1) is 29.9. The molecule has 6 atom stereocenters. The smallest absolute Gasteiger partial charge is 0.273 e. The minimum absolute atomic E-state index is 0.0211. The molecule has 0 spiro atoms. The summed E-state index contributed by atoms with van der Waals surface area (Å²) in [6.07, 6.45) is 8.46. The minimum atomic E-state index is -4.27. The number of non-ortho nitro benzene ring substituents is 1. The van der Waals surface area contributed by atoms with Gasteiger partial charge in [-0.25, -0.2) is 8.42 Å². The Morgan fingerprint density at radius 3 is 2.44 bits per heavy atom. The molecule has 3 aromatic carbocycles. The maximum absolute atomic E-state index is 15.1. The van der Waals surface area contributed by atoms with Crippen LogP contribution in [0.5, 0.6) is 17.2 Å². The van der Waals surface area contributed by atoms with Gasteiger partial charge < -0.3 is 34.6 Å². The second kappa shape index (κ2) is 20.8. The Morgan fingerprint density at radius 2 is 1.77 bits per heavy atom. The second-order valence-electron chi connectivity index (χ2n) is 15.9. The van der Waals surface area contributed by atoms with Crippen LogP contribution in [0.4, 0.5) is 11.4 Å². The fourth-order valence-electron chi connectivity index (χ4n) is 9.34. The van der Waals surface area contributed by atoms with Gasteiger partial charge >= 0.3 is 0 Å². The summed E-state index contributed by atoms with van der Waals surface area (Å²) in [5, 5.41) is 38.8. The third-order valence-corrected chi connectivity index (χ3v) is 13.7. The van der Waals surface area contributed by atoms with Crippen molar-refractivity contribution >= 4 is 33.0 Å². The fraction of sp³-hybridized carbons (Fsp3) is 0.478. The van der Waals surface area contributed by atoms with Gasteiger partial charge in [-0.15, -0.1) is 6.58 Å². The molecule has 1 aliphatic heterocycles. The van der Waals surface area contributed by atoms with Crippen molar-refractivity contribution in [3.63, 3.8) is 0 Å². The summed E-state index contributed by atoms with van der Waals surface area (Å²) < 4.78 is 52.2. The first-order valence-corrected chi connectivity index (χ1v) is 22.9. The number of nitro benzene ring substituents is 1. The Kier molecular flexibility index (Phi) is 15.6. The Hall–Kier alpha value is -5.13. The number of aliphatic hydroxyl groups excluding tert-OH is 2. The van der Waals surface area contributed by atoms with Gasteiger partial charge in [-0.1, -0.05) is 43.1 Å². The number of amides is 1. The van der Waals surface area contributed by atoms with Crippen molar-refractivity contribution in [1.82, 2.24) is 4.31 Å². The summed E-state index contributed by atoms with van der Waals surface area (Å²) in [6, 6.07) is 16.4. The molecule has 334 valence electrons. The molecule has 0 saturated heterocycles. The van der Waals surface area contributed by atoms with Gasteiger partial charge in [-0.2, -0.15) is 4.31 Å². The third-order valence-electron chi connectivity index (χ3n) is 11.8. The van der Waals surface area contributed by atoms with Crippen LogP contribution in [0.25, 0.3) is 0 Å². The molecular weight excluding hydrogens is 817 g/mol. The molecule has 0 radical (unpaired) electrons. The largest absolute Gasteiger partial charge is 0.460 e. The number of benzene rings is 3. The second-order valence-corrected chi connectivity index (χ2v) is 17.8. The number of carbonyl (C=O) groups is 1. The number of ether oxygens (including phenoxy) is 3. The van der Waals surface area contributed by atoms with Crippen molar-refractivity contribution in [1.29, 1.82) is 0 Å². The highest BCUT2D eigenvalue weighted by molar-refractivity contribution is 7.89. The highest BCUT2D eigenvalue weighted by Gasteiger charge is 2.66. The summed E-state index contributed by atoms with van der Waals surface area (Å²) in [4.78, 5) is 28.8. The van der Waals surface area contributed by atoms with Crippen molar-refractivity contribution in [3.8, 4) is 17.2 Å². The number of fused-ring (bicyclic) bond motifs is 2. The van der Waals surface area contributed by atoms with Crippen LogP contribution < -0.4 is 14.8 Å². The number of nitrogens with one attached hydrogen (secondary N) is 1. The zero-order valence-corrected chi connectivity index (χ0v) is 36.4. The summed E-state index contributed by atoms with van der Waals surface area (Å²) in [5.41, 5.74) is 2.51. The van der Waals surface area contributed by atoms with Crippen molar-refractivity contribution < 1.29 is 47.4 Å². The van der Waals surface area contributed by atoms with Crippen LogP contribution in [0, 0.1) is 27.9 Å². The molecule has 15 nitrogen and oxygen atoms in total. The van der Waals surface area contributed by atoms with Crippen molar-refractivity contribution in [2.45, 2.75) is 94.8 Å². The molecule has 0 bridgehead atoms. The molecule has 1 saturated carbocycles. The third kappa shape index (κ3) is 9.89. The molecule has 1 amide bonds. The number of sulfonamides is 1. The molecule has 2 aliphatic carbocycles. The molecule has 16 heteroatoms. The number of unbranched alkanes of at least 4 members (excludes halogenated alkanes) is 2. The monoisotopic (exact) mass is 874 g/mol. The summed E-state index contributed by atoms with van der Waals surface area (Å²) in [7, 11) is -4.27. The first-order valence-electron chi connectivity index (χ1n) is 21.4. The average Bonchev–Trinajstić information content (AvgIpc) is 3.25. The Morgan fingerprint density at radius 1 is 1.05 bits per heavy atom. The van der Waals surface area contributed by atoms with Gasteiger partial charge in [0.15, 0.2) is 0 Å². The number of allylic oxidation sites excluding steroid dienone is 1. The van der Waals surface area contributed by atoms with Gasteiger partial charge in [0.05, 0.1) is 40.2 Å². The average molecular weight is 875 g/mol. The quantitative estimate of drug-likeness (QED) is 0.0381. The number of oxime groups is 1. The van der Waals surface area contributed by atoms with E-state index in [2.05, 4.69) is 18.0 Å². The van der Waals surface area contributed by atoms with Crippen LogP contribution in [0.15, 0.2) is 101 Å². The van der Waals surface area contributed by atoms with E-state index in [0.717, 1.165) is 24.0 Å². The molecule has 6 unspecified atom stereocenters. The predicted octanol–water partition coefficient (Wildman–Crippen LogP) is 8.10. The molecule has 3 aromatic rings. The summed E-state index contributed by atoms with van der Waals surface area (Å²) >= 11 is 0. The first kappa shape index (κ1) is 46.4. The van der Waals surface area contributed by atoms with Crippen LogP contribution in [0.3, 0.4) is 0 Å². The lowest BCUT2D eigenvalue weighted by Gasteiger charge is -2.59. The topological polar surface area (TPSA) is 199 Å². The highest BCUT2D eigenvalue weighted by atomic mass is 32.2. The van der Waals surface area contributed by atoms with E-state index >= 15 is 8.42 Å². The zero-order valence-electron chi connectivity index (χ0n) is 35.6. The number of nitrogens with zero attached hydrogens (tertiary/aromatic N) is 3. The fourth-order valence-corrected chi connectivity index (χ4v) is 11.1. The molecular formula is C46H58N4O11S. The van der Waals surface area contributed by atoms with Gasteiger partial charge in [-0.05, 0) is 105 Å². The van der Waals surface area contributed by atoms with E-state index in [4.69, 9.17) is 24.2 Å². The van der Waals surface area contributed by atoms with Gasteiger partial charge in [0, 0.05) is 56.3 Å². The van der Waals surface area contributed by atoms with Gasteiger partial charge in [0.25, 0.3) is 5.69 Å². The van der Waals surface area contributed by atoms with E-state index in [9.17, 15) is 25.1 Å². The molecule has 3 aliphatic rings. The summed E-state index contributed by atoms with van der Waals surface area (Å²) in [5.74, 6) is -1.89. The Labute approximate surface area is 363 Å². The standard InChI is InChI=1S/C46H58N4O11S/c1-5-23-49(62(56,57)37-20-17-33(18-21-37)47-31(4)53)43-30-41(48-59-7-3)39-27-32(13-8-10-24-51)38(16-9-11-25-52)44-40-29-36(60-35-15-12-14-34(28-35)50(54)55)19-22-42(40)61-46(43,45(39)44)58-26-6-2/h6,12,14-15,17-22,27-29,32,38,43-45,51-52H,2,5,7-11,13,16,23-26,30H2,1,3-4H3,(H,47,53). The molecule has 62 heavy (non-hydrogen) atoms. The maximum Gasteiger partial charge on any atom is 0.273 e. The van der Waals surface area contributed by atoms with Crippen molar-refractivity contribution in [2.24, 2.45) is 22.9 Å². The molecule has 3 N–H and O–H groups in total. The lowest BCUT2D eigenvalue weighted by atomic mass is 9.55. The Bertz CT molecular complexity index is 2230. The number of hydrogen-bond acceptors (Lipinski definition) is 12. The SMILES string of the molecule is C=CCOC12Oc3ccc(Oc4cccc([N+](=O)[O-])c4)cc3C3C(CCCCO)C(CCCCO)C=C(C(=NOCC)CC1N(CCC)S(=O)(=O)c1ccc(NC(C)=O)cc1)C32. The van der Waals surface area contributed by atoms with Gasteiger partial charge in [0.1, 0.15) is 23.9 Å². The van der Waals surface area contributed by atoms with E-state index < -0.39 is 32.7 Å². The molecule has 1 fully saturated rings. The molecule has 6 rings (SSSR count). The number of carbonyl (C=O) groups excluding carboxylic acids is 1. The van der Waals surface area contributed by atoms with E-state index in [1.807, 2.05) is 19.9 Å². The lowest BCUT2D eigenvalue weighted by Crippen LogP contribution is -2.70. The number of nitro groups is 1. The summed E-state index contributed by atoms with van der Waals surface area (Å²) in [6.45, 7) is 9.55. The predicted molar refractivity (Wildman–Crippen MR) is 235 cm³/mol. The normalized spacial score (nSPS) is 23.4. The van der Waals surface area contributed by atoms with Crippen LogP contribution >= 0.6 is 0 Å². The van der Waals surface area contributed by atoms with Crippen LogP contribution in [-0.4, -0.2) is 84.3 Å². The van der Waals surface area contributed by atoms with Crippen LogP contribution in [-0.2, 0) is 24.4 Å². The maximum atomic E-state index is 15.1. The highest BCUT2D eigenvalue weighted by Crippen LogP contribution is 2.62. The van der Waals surface area contributed by atoms with Gasteiger partial charge in [-0.3, -0.25) is 14.9 Å². The van der Waals surface area contributed by atoms with E-state index in [1.165, 1.54) is 35.5 Å².